The molecule has 0 saturated carbocycles. The van der Waals surface area contributed by atoms with Crippen molar-refractivity contribution in [1.82, 2.24) is 25.4 Å². The van der Waals surface area contributed by atoms with Crippen molar-refractivity contribution < 1.29 is 4.42 Å². The number of furan rings is 1. The van der Waals surface area contributed by atoms with E-state index in [1.54, 1.807) is 6.26 Å². The molecule has 0 radical (unpaired) electrons. The van der Waals surface area contributed by atoms with Gasteiger partial charge in [0.1, 0.15) is 5.82 Å². The molecular weight excluding hydrogens is 340 g/mol. The van der Waals surface area contributed by atoms with Gasteiger partial charge in [-0.25, -0.2) is 4.98 Å². The molecule has 0 aliphatic rings. The minimum absolute atomic E-state index is 0.572. The summed E-state index contributed by atoms with van der Waals surface area (Å²) in [6, 6.07) is 12.1. The second kappa shape index (κ2) is 9.02. The molecule has 142 valence electrons. The maximum Gasteiger partial charge on any atom is 0.216 e. The van der Waals surface area contributed by atoms with Crippen LogP contribution in [0.3, 0.4) is 0 Å². The fourth-order valence-corrected chi connectivity index (χ4v) is 2.78. The molecule has 2 N–H and O–H groups in total. The Balaban J connectivity index is 1.61. The lowest BCUT2D eigenvalue weighted by Gasteiger charge is -2.23. The highest BCUT2D eigenvalue weighted by molar-refractivity contribution is 5.79. The van der Waals surface area contributed by atoms with E-state index in [1.807, 2.05) is 12.1 Å². The molecule has 27 heavy (non-hydrogen) atoms. The van der Waals surface area contributed by atoms with Crippen LogP contribution in [0.2, 0.25) is 0 Å². The molecule has 2 aromatic heterocycles. The molecule has 0 amide bonds. The number of rotatable bonds is 7. The first-order valence-corrected chi connectivity index (χ1v) is 9.16. The van der Waals surface area contributed by atoms with Crippen molar-refractivity contribution in [3.8, 4) is 11.6 Å². The van der Waals surface area contributed by atoms with Gasteiger partial charge in [0.05, 0.1) is 6.26 Å². The van der Waals surface area contributed by atoms with Crippen molar-refractivity contribution in [2.24, 2.45) is 4.99 Å². The monoisotopic (exact) mass is 366 g/mol. The van der Waals surface area contributed by atoms with E-state index in [0.29, 0.717) is 24.6 Å². The summed E-state index contributed by atoms with van der Waals surface area (Å²) in [7, 11) is 2.05. The molecular formula is C20H26N6O. The maximum absolute atomic E-state index is 5.32. The van der Waals surface area contributed by atoms with E-state index in [0.717, 1.165) is 24.9 Å². The number of aromatic nitrogens is 3. The normalized spacial score (nSPS) is 11.6. The van der Waals surface area contributed by atoms with Crippen LogP contribution < -0.4 is 5.32 Å². The summed E-state index contributed by atoms with van der Waals surface area (Å²) >= 11 is 0. The molecule has 0 aliphatic carbocycles. The van der Waals surface area contributed by atoms with Gasteiger partial charge in [-0.1, -0.05) is 24.3 Å². The quantitative estimate of drug-likeness (QED) is 0.496. The van der Waals surface area contributed by atoms with Gasteiger partial charge in [0, 0.05) is 33.1 Å². The topological polar surface area (TPSA) is 82.3 Å². The van der Waals surface area contributed by atoms with Gasteiger partial charge in [0.2, 0.25) is 5.82 Å². The number of aromatic amines is 1. The van der Waals surface area contributed by atoms with Crippen molar-refractivity contribution in [3.05, 3.63) is 59.6 Å². The number of hydrogen-bond donors (Lipinski definition) is 2. The summed E-state index contributed by atoms with van der Waals surface area (Å²) in [6.07, 6.45) is 2.30. The van der Waals surface area contributed by atoms with E-state index < -0.39 is 0 Å². The molecule has 0 unspecified atom stereocenters. The van der Waals surface area contributed by atoms with Gasteiger partial charge >= 0.3 is 0 Å². The first-order chi connectivity index (χ1) is 13.2. The Morgan fingerprint density at radius 3 is 2.85 bits per heavy atom. The molecule has 0 spiro atoms. The second-order valence-electron chi connectivity index (χ2n) is 6.35. The third-order valence-electron chi connectivity index (χ3n) is 4.25. The fraction of sp³-hybridized carbons (Fsp3) is 0.350. The second-order valence-corrected chi connectivity index (χ2v) is 6.35. The molecule has 3 aromatic rings. The maximum atomic E-state index is 5.32. The van der Waals surface area contributed by atoms with E-state index in [2.05, 4.69) is 70.6 Å². The number of nitrogens with one attached hydrogen (secondary N) is 2. The molecule has 0 bridgehead atoms. The van der Waals surface area contributed by atoms with Crippen LogP contribution in [0.5, 0.6) is 0 Å². The summed E-state index contributed by atoms with van der Waals surface area (Å²) < 4.78 is 5.32. The van der Waals surface area contributed by atoms with E-state index in [4.69, 9.17) is 9.41 Å². The van der Waals surface area contributed by atoms with Gasteiger partial charge < -0.3 is 14.6 Å². The first-order valence-electron chi connectivity index (χ1n) is 9.16. The number of nitrogens with zero attached hydrogens (tertiary/aromatic N) is 4. The number of guanidine groups is 1. The van der Waals surface area contributed by atoms with Crippen LogP contribution in [0.4, 0.5) is 0 Å². The predicted molar refractivity (Wildman–Crippen MR) is 106 cm³/mol. The summed E-state index contributed by atoms with van der Waals surface area (Å²) in [4.78, 5) is 11.3. The summed E-state index contributed by atoms with van der Waals surface area (Å²) in [6.45, 7) is 6.45. The lowest BCUT2D eigenvalue weighted by molar-refractivity contribution is 0.475. The summed E-state index contributed by atoms with van der Waals surface area (Å²) in [5, 5.41) is 10.5. The molecule has 2 heterocycles. The number of hydrogen-bond acceptors (Lipinski definition) is 4. The third kappa shape index (κ3) is 4.97. The highest BCUT2D eigenvalue weighted by atomic mass is 16.3. The zero-order valence-electron chi connectivity index (χ0n) is 16.1. The van der Waals surface area contributed by atoms with Crippen LogP contribution in [-0.2, 0) is 13.0 Å². The Labute approximate surface area is 159 Å². The van der Waals surface area contributed by atoms with Crippen LogP contribution in [0.15, 0.2) is 52.1 Å². The molecule has 0 atom stereocenters. The zero-order chi connectivity index (χ0) is 19.1. The minimum Gasteiger partial charge on any atom is -0.461 e. The van der Waals surface area contributed by atoms with Crippen LogP contribution >= 0.6 is 0 Å². The number of aryl methyl sites for hydroxylation is 1. The molecule has 7 nitrogen and oxygen atoms in total. The van der Waals surface area contributed by atoms with Gasteiger partial charge in [-0.15, -0.1) is 0 Å². The number of benzene rings is 1. The molecule has 0 fully saturated rings. The van der Waals surface area contributed by atoms with Gasteiger partial charge in [-0.05, 0) is 37.1 Å². The smallest absolute Gasteiger partial charge is 0.216 e. The Morgan fingerprint density at radius 2 is 2.11 bits per heavy atom. The Kier molecular flexibility index (Phi) is 6.25. The standard InChI is InChI=1S/C20H26N6O/c1-4-21-20(26(3)14-16-9-6-5-8-15(16)2)22-12-11-18-23-19(25-24-18)17-10-7-13-27-17/h5-10,13H,4,11-12,14H2,1-3H3,(H,21,22)(H,23,24,25). The number of aliphatic imine (C=N–C) groups is 1. The largest absolute Gasteiger partial charge is 0.461 e. The Bertz CT molecular complexity index is 868. The predicted octanol–water partition coefficient (Wildman–Crippen LogP) is 3.01. The van der Waals surface area contributed by atoms with E-state index in [-0.39, 0.29) is 0 Å². The highest BCUT2D eigenvalue weighted by Crippen LogP contribution is 2.14. The zero-order valence-corrected chi connectivity index (χ0v) is 16.1. The van der Waals surface area contributed by atoms with Crippen molar-refractivity contribution >= 4 is 5.96 Å². The summed E-state index contributed by atoms with van der Waals surface area (Å²) in [5.74, 6) is 2.91. The Morgan fingerprint density at radius 1 is 1.26 bits per heavy atom. The molecule has 0 saturated heterocycles. The average Bonchev–Trinajstić information content (AvgIpc) is 3.34. The van der Waals surface area contributed by atoms with Crippen molar-refractivity contribution in [2.75, 3.05) is 20.1 Å². The highest BCUT2D eigenvalue weighted by Gasteiger charge is 2.10. The van der Waals surface area contributed by atoms with Crippen molar-refractivity contribution in [3.63, 3.8) is 0 Å². The molecule has 1 aromatic carbocycles. The molecule has 3 rings (SSSR count). The van der Waals surface area contributed by atoms with E-state index >= 15 is 0 Å². The fourth-order valence-electron chi connectivity index (χ4n) is 2.78. The SMILES string of the molecule is CCNC(=NCCc1nc(-c2ccco2)n[nH]1)N(C)Cc1ccccc1C. The van der Waals surface area contributed by atoms with Crippen LogP contribution in [-0.4, -0.2) is 46.2 Å². The molecule has 7 heteroatoms. The van der Waals surface area contributed by atoms with Crippen molar-refractivity contribution in [2.45, 2.75) is 26.8 Å². The van der Waals surface area contributed by atoms with Crippen LogP contribution in [0, 0.1) is 6.92 Å². The van der Waals surface area contributed by atoms with Gasteiger partial charge in [-0.2, -0.15) is 5.10 Å². The van der Waals surface area contributed by atoms with Crippen molar-refractivity contribution in [1.29, 1.82) is 0 Å². The Hall–Kier alpha value is -3.09. The lowest BCUT2D eigenvalue weighted by Crippen LogP contribution is -2.38. The lowest BCUT2D eigenvalue weighted by atomic mass is 10.1. The van der Waals surface area contributed by atoms with Crippen LogP contribution in [0.1, 0.15) is 23.9 Å². The number of H-pyrrole nitrogens is 1. The van der Waals surface area contributed by atoms with E-state index in [9.17, 15) is 0 Å². The van der Waals surface area contributed by atoms with Crippen LogP contribution in [0.25, 0.3) is 11.6 Å². The van der Waals surface area contributed by atoms with Gasteiger partial charge in [0.15, 0.2) is 11.7 Å². The minimum atomic E-state index is 0.572. The van der Waals surface area contributed by atoms with Gasteiger partial charge in [-0.3, -0.25) is 10.1 Å². The van der Waals surface area contributed by atoms with E-state index in [1.165, 1.54) is 11.1 Å². The first kappa shape index (κ1) is 18.7. The third-order valence-corrected chi connectivity index (χ3v) is 4.25. The van der Waals surface area contributed by atoms with Gasteiger partial charge in [0.25, 0.3) is 0 Å². The molecule has 0 aliphatic heterocycles. The summed E-state index contributed by atoms with van der Waals surface area (Å²) in [5.41, 5.74) is 2.58. The average molecular weight is 366 g/mol.